The molecule has 8 heteroatoms. The average Bonchev–Trinajstić information content (AvgIpc) is 2.79. The number of rotatable bonds is 7. The van der Waals surface area contributed by atoms with E-state index in [1.807, 2.05) is 34.9 Å². The van der Waals surface area contributed by atoms with E-state index in [-0.39, 0.29) is 17.2 Å². The minimum Gasteiger partial charge on any atom is -0.494 e. The molecule has 1 aromatic heterocycles. The SMILES string of the molecule is CCCCOc1ccc(NC(=O)CSC(=S)N2C[C@@H]3C[C@H](C2)c2cccc(=O)n2C3)cc1. The van der Waals surface area contributed by atoms with Crippen LogP contribution in [-0.4, -0.2) is 45.1 Å². The molecule has 2 aliphatic rings. The van der Waals surface area contributed by atoms with Crippen LogP contribution >= 0.6 is 24.0 Å². The zero-order chi connectivity index (χ0) is 22.5. The summed E-state index contributed by atoms with van der Waals surface area (Å²) in [6.45, 7) is 5.21. The second-order valence-corrected chi connectivity index (χ2v) is 10.0. The van der Waals surface area contributed by atoms with E-state index >= 15 is 0 Å². The second-order valence-electron chi connectivity index (χ2n) is 8.43. The Labute approximate surface area is 198 Å². The molecule has 0 saturated carbocycles. The molecular weight excluding hydrogens is 442 g/mol. The number of amides is 1. The standard InChI is InChI=1S/C24H29N3O3S2/c1-2-3-11-30-20-9-7-19(8-10-20)25-22(28)16-32-24(31)26-13-17-12-18(15-26)21-5-4-6-23(29)27(21)14-17/h4-10,17-18H,2-3,11-16H2,1H3,(H,25,28)/t17-,18+/m0/s1. The molecule has 2 aliphatic heterocycles. The molecule has 4 rings (SSSR count). The van der Waals surface area contributed by atoms with Crippen LogP contribution in [0, 0.1) is 5.92 Å². The molecule has 2 aromatic rings. The monoisotopic (exact) mass is 471 g/mol. The van der Waals surface area contributed by atoms with E-state index in [4.69, 9.17) is 17.0 Å². The predicted molar refractivity (Wildman–Crippen MR) is 134 cm³/mol. The number of unbranched alkanes of at least 4 members (excludes halogenated alkanes) is 1. The van der Waals surface area contributed by atoms with Gasteiger partial charge >= 0.3 is 0 Å². The number of thioether (sulfide) groups is 1. The van der Waals surface area contributed by atoms with Crippen LogP contribution in [0.1, 0.15) is 37.8 Å². The minimum absolute atomic E-state index is 0.0777. The molecule has 32 heavy (non-hydrogen) atoms. The Kier molecular flexibility index (Phi) is 7.52. The summed E-state index contributed by atoms with van der Waals surface area (Å²) >= 11 is 7.05. The molecule has 0 spiro atoms. The van der Waals surface area contributed by atoms with Gasteiger partial charge < -0.3 is 19.5 Å². The molecule has 1 aromatic carbocycles. The normalized spacial score (nSPS) is 19.2. The number of pyridine rings is 1. The second kappa shape index (κ2) is 10.5. The van der Waals surface area contributed by atoms with E-state index in [0.29, 0.717) is 18.4 Å². The molecule has 170 valence electrons. The summed E-state index contributed by atoms with van der Waals surface area (Å²) in [4.78, 5) is 26.8. The number of ether oxygens (including phenoxy) is 1. The molecule has 1 fully saturated rings. The summed E-state index contributed by atoms with van der Waals surface area (Å²) in [5.74, 6) is 1.72. The Morgan fingerprint density at radius 3 is 2.78 bits per heavy atom. The zero-order valence-corrected chi connectivity index (χ0v) is 19.9. The van der Waals surface area contributed by atoms with Crippen molar-refractivity contribution in [2.75, 3.05) is 30.8 Å². The molecule has 1 N–H and O–H groups in total. The molecule has 0 unspecified atom stereocenters. The molecule has 1 saturated heterocycles. The third-order valence-corrected chi connectivity index (χ3v) is 7.49. The average molecular weight is 472 g/mol. The Bertz CT molecular complexity index is 1020. The summed E-state index contributed by atoms with van der Waals surface area (Å²) in [5, 5.41) is 2.92. The number of anilines is 1. The van der Waals surface area contributed by atoms with Crippen LogP contribution < -0.4 is 15.6 Å². The van der Waals surface area contributed by atoms with Gasteiger partial charge in [0.1, 0.15) is 10.1 Å². The number of nitrogens with one attached hydrogen (secondary N) is 1. The van der Waals surface area contributed by atoms with Crippen LogP contribution in [0.4, 0.5) is 5.69 Å². The Morgan fingerprint density at radius 1 is 1.19 bits per heavy atom. The lowest BCUT2D eigenvalue weighted by Gasteiger charge is -2.43. The smallest absolute Gasteiger partial charge is 0.250 e. The predicted octanol–water partition coefficient (Wildman–Crippen LogP) is 4.10. The summed E-state index contributed by atoms with van der Waals surface area (Å²) in [5.41, 5.74) is 1.94. The van der Waals surface area contributed by atoms with Gasteiger partial charge in [-0.3, -0.25) is 9.59 Å². The van der Waals surface area contributed by atoms with Gasteiger partial charge in [0.15, 0.2) is 0 Å². The van der Waals surface area contributed by atoms with Gasteiger partial charge in [-0.05, 0) is 49.1 Å². The highest BCUT2D eigenvalue weighted by molar-refractivity contribution is 8.23. The first-order valence-electron chi connectivity index (χ1n) is 11.2. The molecule has 1 amide bonds. The number of thiocarbonyl (C=S) groups is 1. The zero-order valence-electron chi connectivity index (χ0n) is 18.3. The van der Waals surface area contributed by atoms with Gasteiger partial charge in [0.2, 0.25) is 5.91 Å². The largest absolute Gasteiger partial charge is 0.494 e. The van der Waals surface area contributed by atoms with Crippen molar-refractivity contribution in [3.05, 3.63) is 58.5 Å². The van der Waals surface area contributed by atoms with Crippen molar-refractivity contribution in [1.29, 1.82) is 0 Å². The first kappa shape index (κ1) is 22.9. The van der Waals surface area contributed by atoms with Gasteiger partial charge in [0.25, 0.3) is 5.56 Å². The van der Waals surface area contributed by atoms with E-state index in [9.17, 15) is 9.59 Å². The molecule has 0 aliphatic carbocycles. The van der Waals surface area contributed by atoms with E-state index < -0.39 is 0 Å². The van der Waals surface area contributed by atoms with Gasteiger partial charge in [-0.1, -0.05) is 43.4 Å². The number of benzene rings is 1. The summed E-state index contributed by atoms with van der Waals surface area (Å²) in [7, 11) is 0. The van der Waals surface area contributed by atoms with Crippen molar-refractivity contribution in [3.8, 4) is 5.75 Å². The fourth-order valence-electron chi connectivity index (χ4n) is 4.43. The van der Waals surface area contributed by atoms with Crippen molar-refractivity contribution in [2.45, 2.75) is 38.6 Å². The highest BCUT2D eigenvalue weighted by Gasteiger charge is 2.35. The molecule has 6 nitrogen and oxygen atoms in total. The third kappa shape index (κ3) is 5.53. The van der Waals surface area contributed by atoms with E-state index in [1.165, 1.54) is 11.8 Å². The van der Waals surface area contributed by atoms with E-state index in [1.54, 1.807) is 6.07 Å². The van der Waals surface area contributed by atoms with Crippen LogP contribution in [0.3, 0.4) is 0 Å². The number of aromatic nitrogens is 1. The molecule has 2 atom stereocenters. The number of piperidine rings is 1. The molecule has 3 heterocycles. The maximum absolute atomic E-state index is 12.4. The first-order chi connectivity index (χ1) is 15.5. The molecule has 0 radical (unpaired) electrons. The van der Waals surface area contributed by atoms with Gasteiger partial charge in [-0.2, -0.15) is 0 Å². The van der Waals surface area contributed by atoms with Crippen LogP contribution in [0.2, 0.25) is 0 Å². The highest BCUT2D eigenvalue weighted by Crippen LogP contribution is 2.36. The van der Waals surface area contributed by atoms with Gasteiger partial charge in [-0.15, -0.1) is 0 Å². The third-order valence-electron chi connectivity index (χ3n) is 5.97. The van der Waals surface area contributed by atoms with Crippen molar-refractivity contribution in [1.82, 2.24) is 9.47 Å². The van der Waals surface area contributed by atoms with Crippen molar-refractivity contribution >= 4 is 39.9 Å². The van der Waals surface area contributed by atoms with E-state index in [2.05, 4.69) is 23.2 Å². The van der Waals surface area contributed by atoms with Crippen LogP contribution in [0.5, 0.6) is 5.75 Å². The lowest BCUT2D eigenvalue weighted by atomic mass is 9.83. The number of fused-ring (bicyclic) bond motifs is 4. The highest BCUT2D eigenvalue weighted by atomic mass is 32.2. The van der Waals surface area contributed by atoms with Crippen molar-refractivity contribution < 1.29 is 9.53 Å². The van der Waals surface area contributed by atoms with Crippen LogP contribution in [0.25, 0.3) is 0 Å². The minimum atomic E-state index is -0.0777. The summed E-state index contributed by atoms with van der Waals surface area (Å²) in [6.07, 6.45) is 3.21. The Hall–Kier alpha value is -2.32. The van der Waals surface area contributed by atoms with Crippen molar-refractivity contribution in [3.63, 3.8) is 0 Å². The number of hydrogen-bond donors (Lipinski definition) is 1. The van der Waals surface area contributed by atoms with Crippen molar-refractivity contribution in [2.24, 2.45) is 5.92 Å². The quantitative estimate of drug-likeness (QED) is 0.485. The fraction of sp³-hybridized carbons (Fsp3) is 0.458. The molecule has 2 bridgehead atoms. The first-order valence-corrected chi connectivity index (χ1v) is 12.6. The number of nitrogens with zero attached hydrogens (tertiary/aromatic N) is 2. The van der Waals surface area contributed by atoms with Gasteiger partial charge in [0, 0.05) is 43.0 Å². The van der Waals surface area contributed by atoms with Gasteiger partial charge in [0.05, 0.1) is 12.4 Å². The maximum atomic E-state index is 12.4. The number of hydrogen-bond acceptors (Lipinski definition) is 5. The molecular formula is C24H29N3O3S2. The van der Waals surface area contributed by atoms with Gasteiger partial charge in [-0.25, -0.2) is 0 Å². The van der Waals surface area contributed by atoms with Crippen LogP contribution in [-0.2, 0) is 11.3 Å². The lowest BCUT2D eigenvalue weighted by Crippen LogP contribution is -2.48. The number of carbonyl (C=O) groups excluding carboxylic acids is 1. The maximum Gasteiger partial charge on any atom is 0.250 e. The topological polar surface area (TPSA) is 63.6 Å². The fourth-order valence-corrected chi connectivity index (χ4v) is 5.41. The van der Waals surface area contributed by atoms with E-state index in [0.717, 1.165) is 60.3 Å². The summed E-state index contributed by atoms with van der Waals surface area (Å²) < 4.78 is 8.32. The Balaban J connectivity index is 1.26. The van der Waals surface area contributed by atoms with Crippen LogP contribution in [0.15, 0.2) is 47.3 Å². The summed E-state index contributed by atoms with van der Waals surface area (Å²) in [6, 6.07) is 13.0. The lowest BCUT2D eigenvalue weighted by molar-refractivity contribution is -0.113. The number of likely N-dealkylation sites (tertiary alicyclic amines) is 1. The number of carbonyl (C=O) groups is 1. The Morgan fingerprint density at radius 2 is 2.00 bits per heavy atom.